The summed E-state index contributed by atoms with van der Waals surface area (Å²) in [5.74, 6) is -0.514. The van der Waals surface area contributed by atoms with Crippen LogP contribution in [0.15, 0.2) is 85.5 Å². The molecule has 3 rings (SSSR count). The summed E-state index contributed by atoms with van der Waals surface area (Å²) in [5, 5.41) is 1.51. The van der Waals surface area contributed by atoms with Gasteiger partial charge in [0, 0.05) is 11.1 Å². The van der Waals surface area contributed by atoms with Gasteiger partial charge in [0.1, 0.15) is 0 Å². The van der Waals surface area contributed by atoms with Gasteiger partial charge < -0.3 is 0 Å². The summed E-state index contributed by atoms with van der Waals surface area (Å²) >= 11 is 0. The maximum atomic E-state index is 13.7. The molecule has 0 aliphatic heterocycles. The van der Waals surface area contributed by atoms with Crippen LogP contribution in [0.1, 0.15) is 83.0 Å². The lowest BCUT2D eigenvalue weighted by atomic mass is 10.0. The summed E-state index contributed by atoms with van der Waals surface area (Å²) < 4.78 is 0. The first-order chi connectivity index (χ1) is 17.8. The third kappa shape index (κ3) is 9.38. The first kappa shape index (κ1) is 29.6. The molecule has 0 saturated carbocycles. The number of hydrogen-bond acceptors (Lipinski definition) is 2. The van der Waals surface area contributed by atoms with Crippen molar-refractivity contribution in [1.29, 1.82) is 0 Å². The Bertz CT molecular complexity index is 1120. The molecule has 3 aromatic carbocycles. The standard InChI is InChI=1S/C30H34N2O2.C3H8/c1-5-10-28(18-15-25-11-8-7-9-12-25)32(30(34)27-20-22(3)19-23(4)21-27)31-29(33)26-16-13-24(6-2)14-17-26;1-3-2/h5,7-9,11-14,16-17,19-21,28H,1,6,10,15,18H2,2-4H3,(H,31,33);3H2,1-2H3. The zero-order valence-electron chi connectivity index (χ0n) is 23.1. The van der Waals surface area contributed by atoms with Gasteiger partial charge in [0.25, 0.3) is 11.8 Å². The van der Waals surface area contributed by atoms with Crippen molar-refractivity contribution in [3.8, 4) is 0 Å². The highest BCUT2D eigenvalue weighted by Crippen LogP contribution is 2.18. The molecule has 4 nitrogen and oxygen atoms in total. The Morgan fingerprint density at radius 1 is 0.865 bits per heavy atom. The Morgan fingerprint density at radius 2 is 1.46 bits per heavy atom. The summed E-state index contributed by atoms with van der Waals surface area (Å²) in [6.45, 7) is 14.2. The van der Waals surface area contributed by atoms with Gasteiger partial charge in [-0.1, -0.05) is 92.9 Å². The summed E-state index contributed by atoms with van der Waals surface area (Å²) in [6.07, 6.45) is 6.01. The smallest absolute Gasteiger partial charge is 0.267 e. The van der Waals surface area contributed by atoms with E-state index < -0.39 is 0 Å². The fourth-order valence-corrected chi connectivity index (χ4v) is 4.13. The molecular weight excluding hydrogens is 456 g/mol. The molecule has 0 radical (unpaired) electrons. The SMILES string of the molecule is C=CCC(CCc1ccccc1)N(NC(=O)c1ccc(CC)cc1)C(=O)c1cc(C)cc(C)c1.CCC. The number of amides is 2. The fourth-order valence-electron chi connectivity index (χ4n) is 4.13. The van der Waals surface area contributed by atoms with Crippen LogP contribution in [0.5, 0.6) is 0 Å². The molecule has 1 N–H and O–H groups in total. The molecule has 3 aromatic rings. The first-order valence-corrected chi connectivity index (χ1v) is 13.3. The van der Waals surface area contributed by atoms with Crippen LogP contribution in [0.25, 0.3) is 0 Å². The largest absolute Gasteiger partial charge is 0.272 e. The van der Waals surface area contributed by atoms with Crippen molar-refractivity contribution in [3.05, 3.63) is 119 Å². The van der Waals surface area contributed by atoms with Crippen LogP contribution in [0.2, 0.25) is 0 Å². The molecule has 0 bridgehead atoms. The Morgan fingerprint density at radius 3 is 2.00 bits per heavy atom. The predicted octanol–water partition coefficient (Wildman–Crippen LogP) is 7.65. The van der Waals surface area contributed by atoms with Crippen molar-refractivity contribution in [3.63, 3.8) is 0 Å². The predicted molar refractivity (Wildman–Crippen MR) is 155 cm³/mol. The van der Waals surface area contributed by atoms with E-state index in [1.165, 1.54) is 17.0 Å². The normalized spacial score (nSPS) is 11.1. The van der Waals surface area contributed by atoms with Gasteiger partial charge in [-0.05, 0) is 74.9 Å². The average molecular weight is 499 g/mol. The Hall–Kier alpha value is -3.66. The van der Waals surface area contributed by atoms with Gasteiger partial charge >= 0.3 is 0 Å². The molecular formula is C33H42N2O2. The van der Waals surface area contributed by atoms with Gasteiger partial charge in [0.05, 0.1) is 6.04 Å². The highest BCUT2D eigenvalue weighted by atomic mass is 16.2. The minimum absolute atomic E-state index is 0.217. The van der Waals surface area contributed by atoms with E-state index in [9.17, 15) is 9.59 Å². The monoisotopic (exact) mass is 498 g/mol. The number of benzene rings is 3. The average Bonchev–Trinajstić information content (AvgIpc) is 2.90. The molecule has 196 valence electrons. The number of aryl methyl sites for hydroxylation is 4. The van der Waals surface area contributed by atoms with Crippen molar-refractivity contribution in [2.45, 2.75) is 72.8 Å². The number of carbonyl (C=O) groups excluding carboxylic acids is 2. The minimum Gasteiger partial charge on any atom is -0.267 e. The van der Waals surface area contributed by atoms with Crippen molar-refractivity contribution in [1.82, 2.24) is 10.4 Å². The summed E-state index contributed by atoms with van der Waals surface area (Å²) in [5.41, 5.74) is 8.38. The second kappa shape index (κ2) is 15.5. The number of hydrazine groups is 1. The maximum Gasteiger partial charge on any atom is 0.272 e. The number of nitrogens with zero attached hydrogens (tertiary/aromatic N) is 1. The lowest BCUT2D eigenvalue weighted by Crippen LogP contribution is -2.52. The lowest BCUT2D eigenvalue weighted by Gasteiger charge is -2.32. The molecule has 0 aliphatic rings. The third-order valence-electron chi connectivity index (χ3n) is 5.95. The minimum atomic E-state index is -0.297. The van der Waals surface area contributed by atoms with Crippen molar-refractivity contribution >= 4 is 11.8 Å². The van der Waals surface area contributed by atoms with E-state index in [0.29, 0.717) is 24.0 Å². The van der Waals surface area contributed by atoms with Gasteiger partial charge in [-0.15, -0.1) is 6.58 Å². The summed E-state index contributed by atoms with van der Waals surface area (Å²) in [4.78, 5) is 26.9. The molecule has 0 aromatic heterocycles. The van der Waals surface area contributed by atoms with Crippen LogP contribution >= 0.6 is 0 Å². The first-order valence-electron chi connectivity index (χ1n) is 13.3. The molecule has 0 aliphatic carbocycles. The number of hydrogen-bond donors (Lipinski definition) is 1. The van der Waals surface area contributed by atoms with Crippen molar-refractivity contribution in [2.75, 3.05) is 0 Å². The zero-order chi connectivity index (χ0) is 27.2. The molecule has 0 saturated heterocycles. The Balaban J connectivity index is 0.00000153. The van der Waals surface area contributed by atoms with E-state index in [-0.39, 0.29) is 17.9 Å². The van der Waals surface area contributed by atoms with E-state index >= 15 is 0 Å². The molecule has 37 heavy (non-hydrogen) atoms. The molecule has 0 spiro atoms. The molecule has 0 heterocycles. The maximum absolute atomic E-state index is 13.7. The number of nitrogens with one attached hydrogen (secondary N) is 1. The van der Waals surface area contributed by atoms with Gasteiger partial charge in [-0.25, -0.2) is 5.01 Å². The van der Waals surface area contributed by atoms with E-state index in [0.717, 1.165) is 29.5 Å². The van der Waals surface area contributed by atoms with Crippen LogP contribution in [0, 0.1) is 13.8 Å². The van der Waals surface area contributed by atoms with Crippen LogP contribution in [0.3, 0.4) is 0 Å². The van der Waals surface area contributed by atoms with Crippen LogP contribution in [-0.2, 0) is 12.8 Å². The molecule has 4 heteroatoms. The van der Waals surface area contributed by atoms with E-state index in [4.69, 9.17) is 0 Å². The molecule has 2 amide bonds. The van der Waals surface area contributed by atoms with Gasteiger partial charge in [0.2, 0.25) is 0 Å². The lowest BCUT2D eigenvalue weighted by molar-refractivity contribution is 0.0470. The highest BCUT2D eigenvalue weighted by molar-refractivity contribution is 5.99. The van der Waals surface area contributed by atoms with E-state index in [2.05, 4.69) is 44.9 Å². The summed E-state index contributed by atoms with van der Waals surface area (Å²) in [6, 6.07) is 23.2. The molecule has 1 atom stereocenters. The molecule has 1 unspecified atom stereocenters. The Kier molecular flexibility index (Phi) is 12.3. The fraction of sp³-hybridized carbons (Fsp3) is 0.333. The van der Waals surface area contributed by atoms with Crippen LogP contribution in [0.4, 0.5) is 0 Å². The quantitative estimate of drug-likeness (QED) is 0.243. The topological polar surface area (TPSA) is 49.4 Å². The third-order valence-corrected chi connectivity index (χ3v) is 5.95. The van der Waals surface area contributed by atoms with E-state index in [1.807, 2.05) is 62.4 Å². The van der Waals surface area contributed by atoms with Gasteiger partial charge in [-0.2, -0.15) is 0 Å². The second-order valence-electron chi connectivity index (χ2n) is 9.45. The summed E-state index contributed by atoms with van der Waals surface area (Å²) in [7, 11) is 0. The number of carbonyl (C=O) groups is 2. The van der Waals surface area contributed by atoms with Crippen LogP contribution in [-0.4, -0.2) is 22.9 Å². The second-order valence-corrected chi connectivity index (χ2v) is 9.45. The van der Waals surface area contributed by atoms with E-state index in [1.54, 1.807) is 18.2 Å². The van der Waals surface area contributed by atoms with Crippen molar-refractivity contribution in [2.24, 2.45) is 0 Å². The van der Waals surface area contributed by atoms with Crippen molar-refractivity contribution < 1.29 is 9.59 Å². The zero-order valence-corrected chi connectivity index (χ0v) is 23.1. The molecule has 0 fully saturated rings. The van der Waals surface area contributed by atoms with Gasteiger partial charge in [-0.3, -0.25) is 15.0 Å². The van der Waals surface area contributed by atoms with Gasteiger partial charge in [0.15, 0.2) is 0 Å². The number of rotatable bonds is 9. The Labute approximate surface area is 223 Å². The highest BCUT2D eigenvalue weighted by Gasteiger charge is 2.27. The van der Waals surface area contributed by atoms with Crippen LogP contribution < -0.4 is 5.43 Å².